The van der Waals surface area contributed by atoms with Crippen molar-refractivity contribution in [2.45, 2.75) is 12.8 Å². The van der Waals surface area contributed by atoms with Crippen molar-refractivity contribution < 1.29 is 9.47 Å². The van der Waals surface area contributed by atoms with Crippen LogP contribution in [-0.2, 0) is 4.74 Å². The molecule has 1 aromatic heterocycles. The van der Waals surface area contributed by atoms with Gasteiger partial charge in [0.15, 0.2) is 0 Å². The molecule has 0 amide bonds. The van der Waals surface area contributed by atoms with Crippen LogP contribution in [0.25, 0.3) is 0 Å². The molecule has 0 spiro atoms. The quantitative estimate of drug-likeness (QED) is 0.818. The number of rotatable bonds is 4. The Kier molecular flexibility index (Phi) is 3.47. The molecule has 7 heteroatoms. The molecule has 0 unspecified atom stereocenters. The third kappa shape index (κ3) is 3.00. The van der Waals surface area contributed by atoms with Gasteiger partial charge in [0.25, 0.3) is 0 Å². The van der Waals surface area contributed by atoms with Gasteiger partial charge in [0, 0.05) is 13.1 Å². The van der Waals surface area contributed by atoms with E-state index in [1.807, 2.05) is 4.90 Å². The first-order chi connectivity index (χ1) is 8.81. The molecule has 2 heterocycles. The van der Waals surface area contributed by atoms with Crippen LogP contribution < -0.4 is 9.64 Å². The lowest BCUT2D eigenvalue weighted by Crippen LogP contribution is -2.37. The number of morpholine rings is 1. The summed E-state index contributed by atoms with van der Waals surface area (Å²) in [7, 11) is 0. The highest BCUT2D eigenvalue weighted by atomic mass is 35.5. The van der Waals surface area contributed by atoms with Crippen molar-refractivity contribution in [2.75, 3.05) is 37.8 Å². The van der Waals surface area contributed by atoms with Crippen LogP contribution in [-0.4, -0.2) is 47.9 Å². The van der Waals surface area contributed by atoms with E-state index < -0.39 is 0 Å². The second-order valence-electron chi connectivity index (χ2n) is 4.54. The van der Waals surface area contributed by atoms with Crippen molar-refractivity contribution in [1.82, 2.24) is 15.0 Å². The molecule has 0 radical (unpaired) electrons. The van der Waals surface area contributed by atoms with Crippen LogP contribution in [0.15, 0.2) is 0 Å². The van der Waals surface area contributed by atoms with Crippen molar-refractivity contribution in [3.8, 4) is 6.01 Å². The second kappa shape index (κ2) is 5.24. The summed E-state index contributed by atoms with van der Waals surface area (Å²) in [5.41, 5.74) is 0. The SMILES string of the molecule is Clc1nc(OCC2CC2)nc(N2CCOCC2)n1. The van der Waals surface area contributed by atoms with Crippen molar-refractivity contribution in [1.29, 1.82) is 0 Å². The summed E-state index contributed by atoms with van der Waals surface area (Å²) < 4.78 is 10.8. The second-order valence-corrected chi connectivity index (χ2v) is 4.88. The number of aromatic nitrogens is 3. The maximum Gasteiger partial charge on any atom is 0.322 e. The van der Waals surface area contributed by atoms with Gasteiger partial charge in [-0.05, 0) is 30.4 Å². The van der Waals surface area contributed by atoms with E-state index in [1.165, 1.54) is 12.8 Å². The number of nitrogens with zero attached hydrogens (tertiary/aromatic N) is 4. The number of hydrogen-bond acceptors (Lipinski definition) is 6. The molecule has 0 aromatic carbocycles. The highest BCUT2D eigenvalue weighted by Gasteiger charge is 2.23. The summed E-state index contributed by atoms with van der Waals surface area (Å²) in [5.74, 6) is 1.23. The molecule has 1 saturated heterocycles. The molecule has 3 rings (SSSR count). The van der Waals surface area contributed by atoms with Crippen molar-refractivity contribution >= 4 is 17.5 Å². The first-order valence-electron chi connectivity index (χ1n) is 6.18. The van der Waals surface area contributed by atoms with Crippen molar-refractivity contribution in [3.05, 3.63) is 5.28 Å². The maximum atomic E-state index is 5.90. The maximum absolute atomic E-state index is 5.90. The molecule has 2 aliphatic rings. The van der Waals surface area contributed by atoms with Gasteiger partial charge < -0.3 is 14.4 Å². The Hall–Kier alpha value is -1.14. The topological polar surface area (TPSA) is 60.4 Å². The standard InChI is InChI=1S/C11H15ClN4O2/c12-9-13-10(16-3-5-17-6-4-16)15-11(14-9)18-7-8-1-2-8/h8H,1-7H2. The van der Waals surface area contributed by atoms with E-state index in [4.69, 9.17) is 21.1 Å². The van der Waals surface area contributed by atoms with Gasteiger partial charge in [0.05, 0.1) is 19.8 Å². The van der Waals surface area contributed by atoms with Crippen LogP contribution >= 0.6 is 11.6 Å². The lowest BCUT2D eigenvalue weighted by molar-refractivity contribution is 0.122. The Morgan fingerprint density at radius 2 is 2.00 bits per heavy atom. The Bertz CT molecular complexity index is 422. The van der Waals surface area contributed by atoms with Gasteiger partial charge in [0.1, 0.15) is 0 Å². The molecule has 6 nitrogen and oxygen atoms in total. The van der Waals surface area contributed by atoms with E-state index in [0.29, 0.717) is 37.7 Å². The zero-order valence-electron chi connectivity index (χ0n) is 10.0. The minimum atomic E-state index is 0.178. The molecule has 98 valence electrons. The molecule has 1 saturated carbocycles. The first-order valence-corrected chi connectivity index (χ1v) is 6.56. The number of anilines is 1. The summed E-state index contributed by atoms with van der Waals surface area (Å²) in [6.07, 6.45) is 2.46. The summed E-state index contributed by atoms with van der Waals surface area (Å²) >= 11 is 5.90. The lowest BCUT2D eigenvalue weighted by atomic mass is 10.4. The van der Waals surface area contributed by atoms with Crippen LogP contribution in [0.2, 0.25) is 5.28 Å². The van der Waals surface area contributed by atoms with Crippen molar-refractivity contribution in [3.63, 3.8) is 0 Å². The number of ether oxygens (including phenoxy) is 2. The molecular weight excluding hydrogens is 256 g/mol. The van der Waals surface area contributed by atoms with E-state index >= 15 is 0 Å². The minimum absolute atomic E-state index is 0.178. The molecule has 1 aromatic rings. The Labute approximate surface area is 110 Å². The van der Waals surface area contributed by atoms with Crippen LogP contribution in [0.4, 0.5) is 5.95 Å². The Morgan fingerprint density at radius 3 is 2.72 bits per heavy atom. The van der Waals surface area contributed by atoms with Crippen LogP contribution in [0.1, 0.15) is 12.8 Å². The largest absolute Gasteiger partial charge is 0.463 e. The monoisotopic (exact) mass is 270 g/mol. The van der Waals surface area contributed by atoms with Crippen LogP contribution in [0.5, 0.6) is 6.01 Å². The molecule has 2 fully saturated rings. The highest BCUT2D eigenvalue weighted by Crippen LogP contribution is 2.29. The van der Waals surface area contributed by atoms with E-state index in [1.54, 1.807) is 0 Å². The third-order valence-electron chi connectivity index (χ3n) is 3.01. The third-order valence-corrected chi connectivity index (χ3v) is 3.18. The van der Waals surface area contributed by atoms with E-state index in [9.17, 15) is 0 Å². The van der Waals surface area contributed by atoms with E-state index in [0.717, 1.165) is 13.1 Å². The summed E-state index contributed by atoms with van der Waals surface area (Å²) in [6, 6.07) is 0.323. The normalized spacial score (nSPS) is 19.9. The van der Waals surface area contributed by atoms with Crippen LogP contribution in [0.3, 0.4) is 0 Å². The Balaban J connectivity index is 1.71. The fourth-order valence-electron chi connectivity index (χ4n) is 1.77. The number of halogens is 1. The Morgan fingerprint density at radius 1 is 1.22 bits per heavy atom. The first kappa shape index (κ1) is 11.9. The van der Waals surface area contributed by atoms with Gasteiger partial charge in [-0.2, -0.15) is 15.0 Å². The fourth-order valence-corrected chi connectivity index (χ4v) is 1.92. The van der Waals surface area contributed by atoms with Gasteiger partial charge in [0.2, 0.25) is 11.2 Å². The predicted molar refractivity (Wildman–Crippen MR) is 66.1 cm³/mol. The molecular formula is C11H15ClN4O2. The molecule has 18 heavy (non-hydrogen) atoms. The molecule has 1 aliphatic carbocycles. The number of hydrogen-bond donors (Lipinski definition) is 0. The summed E-state index contributed by atoms with van der Waals surface area (Å²) in [4.78, 5) is 14.5. The zero-order valence-corrected chi connectivity index (χ0v) is 10.8. The van der Waals surface area contributed by atoms with E-state index in [-0.39, 0.29) is 5.28 Å². The zero-order chi connectivity index (χ0) is 12.4. The summed E-state index contributed by atoms with van der Waals surface area (Å²) in [6.45, 7) is 3.57. The minimum Gasteiger partial charge on any atom is -0.463 e. The smallest absolute Gasteiger partial charge is 0.322 e. The van der Waals surface area contributed by atoms with Crippen molar-refractivity contribution in [2.24, 2.45) is 5.92 Å². The van der Waals surface area contributed by atoms with Gasteiger partial charge in [-0.15, -0.1) is 0 Å². The van der Waals surface area contributed by atoms with E-state index in [2.05, 4.69) is 15.0 Å². The van der Waals surface area contributed by atoms with Crippen LogP contribution in [0, 0.1) is 5.92 Å². The van der Waals surface area contributed by atoms with Gasteiger partial charge in [-0.1, -0.05) is 0 Å². The lowest BCUT2D eigenvalue weighted by Gasteiger charge is -2.26. The predicted octanol–water partition coefficient (Wildman–Crippen LogP) is 1.15. The van der Waals surface area contributed by atoms with Gasteiger partial charge >= 0.3 is 6.01 Å². The average Bonchev–Trinajstić information content (AvgIpc) is 3.21. The van der Waals surface area contributed by atoms with Gasteiger partial charge in [-0.25, -0.2) is 0 Å². The molecule has 1 aliphatic heterocycles. The highest BCUT2D eigenvalue weighted by molar-refractivity contribution is 6.28. The molecule has 0 N–H and O–H groups in total. The molecule has 0 atom stereocenters. The van der Waals surface area contributed by atoms with Gasteiger partial charge in [-0.3, -0.25) is 0 Å². The molecule has 0 bridgehead atoms. The average molecular weight is 271 g/mol. The fraction of sp³-hybridized carbons (Fsp3) is 0.727. The summed E-state index contributed by atoms with van der Waals surface area (Å²) in [5, 5.41) is 0.178.